The van der Waals surface area contributed by atoms with Crippen LogP contribution in [0.3, 0.4) is 0 Å². The first-order valence-electron chi connectivity index (χ1n) is 5.80. The van der Waals surface area contributed by atoms with Gasteiger partial charge in [0.15, 0.2) is 0 Å². The van der Waals surface area contributed by atoms with Crippen molar-refractivity contribution in [3.8, 4) is 11.3 Å². The third-order valence-electron chi connectivity index (χ3n) is 2.95. The highest BCUT2D eigenvalue weighted by molar-refractivity contribution is 6.61. The first-order chi connectivity index (χ1) is 9.32. The van der Waals surface area contributed by atoms with E-state index in [9.17, 15) is 23.2 Å². The summed E-state index contributed by atoms with van der Waals surface area (Å²) in [4.78, 5) is 3.89. The molecule has 0 aliphatic rings. The normalized spacial score (nSPS) is 11.5. The van der Waals surface area contributed by atoms with Crippen molar-refractivity contribution in [2.45, 2.75) is 13.1 Å². The fraction of sp³-hybridized carbons (Fsp3) is 0.154. The van der Waals surface area contributed by atoms with Crippen LogP contribution in [0.25, 0.3) is 11.3 Å². The van der Waals surface area contributed by atoms with Crippen LogP contribution in [0.4, 0.5) is 13.2 Å². The van der Waals surface area contributed by atoms with E-state index < -0.39 is 18.9 Å². The van der Waals surface area contributed by atoms with E-state index in [-0.39, 0.29) is 16.7 Å². The molecular formula is C13H11BF3NO2. The average Bonchev–Trinajstić information content (AvgIpc) is 2.37. The number of halogens is 3. The van der Waals surface area contributed by atoms with Gasteiger partial charge in [-0.05, 0) is 24.6 Å². The van der Waals surface area contributed by atoms with Gasteiger partial charge >= 0.3 is 13.3 Å². The molecule has 104 valence electrons. The van der Waals surface area contributed by atoms with Crippen LogP contribution >= 0.6 is 0 Å². The maximum absolute atomic E-state index is 13.0. The molecule has 0 spiro atoms. The van der Waals surface area contributed by atoms with Gasteiger partial charge in [-0.2, -0.15) is 13.2 Å². The van der Waals surface area contributed by atoms with Gasteiger partial charge < -0.3 is 10.0 Å². The highest BCUT2D eigenvalue weighted by Gasteiger charge is 2.35. The van der Waals surface area contributed by atoms with Crippen LogP contribution in [0.2, 0.25) is 0 Å². The van der Waals surface area contributed by atoms with Gasteiger partial charge in [0.2, 0.25) is 0 Å². The number of aryl methyl sites for hydroxylation is 1. The van der Waals surface area contributed by atoms with E-state index in [1.54, 1.807) is 6.92 Å². The number of benzene rings is 1. The SMILES string of the molecule is Cc1ccnc(-c2ccccc2C(F)(F)F)c1B(O)O. The molecule has 0 atom stereocenters. The molecule has 20 heavy (non-hydrogen) atoms. The summed E-state index contributed by atoms with van der Waals surface area (Å²) in [6.07, 6.45) is -3.20. The van der Waals surface area contributed by atoms with Crippen molar-refractivity contribution in [3.05, 3.63) is 47.7 Å². The molecule has 0 fully saturated rings. The Morgan fingerprint density at radius 2 is 1.75 bits per heavy atom. The van der Waals surface area contributed by atoms with Crippen LogP contribution < -0.4 is 5.46 Å². The zero-order chi connectivity index (χ0) is 14.9. The topological polar surface area (TPSA) is 53.4 Å². The predicted molar refractivity (Wildman–Crippen MR) is 69.2 cm³/mol. The summed E-state index contributed by atoms with van der Waals surface area (Å²) in [6.45, 7) is 1.58. The summed E-state index contributed by atoms with van der Waals surface area (Å²) in [5.41, 5.74) is -0.675. The quantitative estimate of drug-likeness (QED) is 0.825. The second-order valence-electron chi connectivity index (χ2n) is 4.31. The van der Waals surface area contributed by atoms with Crippen molar-refractivity contribution in [1.29, 1.82) is 0 Å². The standard InChI is InChI=1S/C13H11BF3NO2/c1-8-6-7-18-12(11(8)14(19)20)9-4-2-3-5-10(9)13(15,16)17/h2-7,19-20H,1H3. The largest absolute Gasteiger partial charge is 0.490 e. The lowest BCUT2D eigenvalue weighted by molar-refractivity contribution is -0.137. The van der Waals surface area contributed by atoms with Gasteiger partial charge in [0.05, 0.1) is 11.3 Å². The van der Waals surface area contributed by atoms with Crippen LogP contribution in [0.1, 0.15) is 11.1 Å². The predicted octanol–water partition coefficient (Wildman–Crippen LogP) is 1.76. The number of nitrogens with zero attached hydrogens (tertiary/aromatic N) is 1. The Bertz CT molecular complexity index is 629. The summed E-state index contributed by atoms with van der Waals surface area (Å²) < 4.78 is 39.0. The second-order valence-corrected chi connectivity index (χ2v) is 4.31. The molecule has 2 N–H and O–H groups in total. The molecule has 1 heterocycles. The van der Waals surface area contributed by atoms with E-state index in [0.29, 0.717) is 5.56 Å². The zero-order valence-electron chi connectivity index (χ0n) is 10.5. The molecule has 0 aliphatic carbocycles. The lowest BCUT2D eigenvalue weighted by atomic mass is 9.74. The van der Waals surface area contributed by atoms with Gasteiger partial charge in [0.25, 0.3) is 0 Å². The molecule has 2 rings (SSSR count). The van der Waals surface area contributed by atoms with Gasteiger partial charge in [-0.15, -0.1) is 0 Å². The first-order valence-corrected chi connectivity index (χ1v) is 5.80. The van der Waals surface area contributed by atoms with E-state index in [4.69, 9.17) is 0 Å². The average molecular weight is 281 g/mol. The monoisotopic (exact) mass is 281 g/mol. The molecule has 1 aromatic heterocycles. The molecule has 3 nitrogen and oxygen atoms in total. The highest BCUT2D eigenvalue weighted by Crippen LogP contribution is 2.35. The van der Waals surface area contributed by atoms with E-state index in [0.717, 1.165) is 6.07 Å². The minimum absolute atomic E-state index is 0.0239. The number of hydrogen-bond donors (Lipinski definition) is 2. The summed E-state index contributed by atoms with van der Waals surface area (Å²) in [5.74, 6) is 0. The third-order valence-corrected chi connectivity index (χ3v) is 2.95. The van der Waals surface area contributed by atoms with Crippen molar-refractivity contribution in [1.82, 2.24) is 4.98 Å². The first kappa shape index (κ1) is 14.6. The van der Waals surface area contributed by atoms with Crippen molar-refractivity contribution in [2.24, 2.45) is 0 Å². The molecule has 2 aromatic rings. The Labute approximate surface area is 113 Å². The number of alkyl halides is 3. The molecule has 1 aromatic carbocycles. The third kappa shape index (κ3) is 2.68. The fourth-order valence-electron chi connectivity index (χ4n) is 2.05. The molecule has 0 radical (unpaired) electrons. The minimum atomic E-state index is -4.54. The lowest BCUT2D eigenvalue weighted by Gasteiger charge is -2.16. The molecule has 0 unspecified atom stereocenters. The van der Waals surface area contributed by atoms with Gasteiger partial charge in [0.1, 0.15) is 0 Å². The Hall–Kier alpha value is -1.86. The Balaban J connectivity index is 2.73. The fourth-order valence-corrected chi connectivity index (χ4v) is 2.05. The number of pyridine rings is 1. The maximum Gasteiger partial charge on any atom is 0.490 e. The number of rotatable bonds is 2. The van der Waals surface area contributed by atoms with Gasteiger partial charge in [0, 0.05) is 17.2 Å². The molecule has 0 aliphatic heterocycles. The van der Waals surface area contributed by atoms with Crippen LogP contribution in [-0.2, 0) is 6.18 Å². The smallest absolute Gasteiger partial charge is 0.423 e. The van der Waals surface area contributed by atoms with Crippen LogP contribution in [0, 0.1) is 6.92 Å². The Morgan fingerprint density at radius 1 is 1.10 bits per heavy atom. The highest BCUT2D eigenvalue weighted by atomic mass is 19.4. The summed E-state index contributed by atoms with van der Waals surface area (Å²) in [7, 11) is -1.89. The number of aromatic nitrogens is 1. The van der Waals surface area contributed by atoms with Crippen molar-refractivity contribution in [2.75, 3.05) is 0 Å². The van der Waals surface area contributed by atoms with Gasteiger partial charge in [-0.3, -0.25) is 4.98 Å². The molecule has 0 saturated heterocycles. The summed E-state index contributed by atoms with van der Waals surface area (Å²) >= 11 is 0. The van der Waals surface area contributed by atoms with Crippen molar-refractivity contribution in [3.63, 3.8) is 0 Å². The Morgan fingerprint density at radius 3 is 2.35 bits per heavy atom. The maximum atomic E-state index is 13.0. The Kier molecular flexibility index (Phi) is 3.83. The molecular weight excluding hydrogens is 270 g/mol. The van der Waals surface area contributed by atoms with E-state index in [1.165, 1.54) is 30.5 Å². The van der Waals surface area contributed by atoms with Crippen LogP contribution in [-0.4, -0.2) is 22.2 Å². The molecule has 7 heteroatoms. The van der Waals surface area contributed by atoms with Gasteiger partial charge in [-0.25, -0.2) is 0 Å². The zero-order valence-corrected chi connectivity index (χ0v) is 10.5. The summed E-state index contributed by atoms with van der Waals surface area (Å²) in [6, 6.07) is 6.43. The minimum Gasteiger partial charge on any atom is -0.423 e. The van der Waals surface area contributed by atoms with Crippen LogP contribution in [0.15, 0.2) is 36.5 Å². The molecule has 0 saturated carbocycles. The van der Waals surface area contributed by atoms with Crippen molar-refractivity contribution < 1.29 is 23.2 Å². The van der Waals surface area contributed by atoms with Crippen molar-refractivity contribution >= 4 is 12.6 Å². The molecule has 0 amide bonds. The summed E-state index contributed by atoms with van der Waals surface area (Å²) in [5, 5.41) is 18.7. The van der Waals surface area contributed by atoms with E-state index in [2.05, 4.69) is 4.98 Å². The lowest BCUT2D eigenvalue weighted by Crippen LogP contribution is -2.35. The van der Waals surface area contributed by atoms with Crippen LogP contribution in [0.5, 0.6) is 0 Å². The second kappa shape index (κ2) is 5.26. The van der Waals surface area contributed by atoms with E-state index >= 15 is 0 Å². The van der Waals surface area contributed by atoms with E-state index in [1.807, 2.05) is 0 Å². The number of hydrogen-bond acceptors (Lipinski definition) is 3. The van der Waals surface area contributed by atoms with Gasteiger partial charge in [-0.1, -0.05) is 18.2 Å². The molecule has 0 bridgehead atoms.